The van der Waals surface area contributed by atoms with Gasteiger partial charge >= 0.3 is 0 Å². The molecule has 2 aromatic rings. The van der Waals surface area contributed by atoms with Crippen LogP contribution < -0.4 is 5.32 Å². The number of hydrogen-bond acceptors (Lipinski definition) is 4. The van der Waals surface area contributed by atoms with Crippen LogP contribution in [0.25, 0.3) is 6.08 Å². The van der Waals surface area contributed by atoms with Crippen LogP contribution in [0.3, 0.4) is 0 Å². The van der Waals surface area contributed by atoms with Gasteiger partial charge in [-0.2, -0.15) is 0 Å². The van der Waals surface area contributed by atoms with Gasteiger partial charge in [0.15, 0.2) is 0 Å². The molecule has 4 rings (SSSR count). The van der Waals surface area contributed by atoms with Gasteiger partial charge in [-0.3, -0.25) is 9.69 Å². The van der Waals surface area contributed by atoms with Crippen LogP contribution in [-0.2, 0) is 4.79 Å². The molecule has 7 heteroatoms. The van der Waals surface area contributed by atoms with E-state index >= 15 is 0 Å². The predicted molar refractivity (Wildman–Crippen MR) is 119 cm³/mol. The minimum Gasteiger partial charge on any atom is -0.375 e. The number of fused-ring (bicyclic) bond motifs is 1. The Labute approximate surface area is 186 Å². The SMILES string of the molecule is Cc1ccc(F)c2c1C=C(CCCN1CCN(C(=O)c3cccc(F)c3)CC1)NC2C=O. The van der Waals surface area contributed by atoms with E-state index in [1.165, 1.54) is 18.2 Å². The van der Waals surface area contributed by atoms with E-state index in [9.17, 15) is 18.4 Å². The van der Waals surface area contributed by atoms with Crippen molar-refractivity contribution in [3.05, 3.63) is 76.0 Å². The summed E-state index contributed by atoms with van der Waals surface area (Å²) in [5.74, 6) is -0.907. The molecule has 1 atom stereocenters. The van der Waals surface area contributed by atoms with Crippen molar-refractivity contribution in [1.29, 1.82) is 0 Å². The molecule has 1 N–H and O–H groups in total. The molecule has 0 spiro atoms. The monoisotopic (exact) mass is 439 g/mol. The van der Waals surface area contributed by atoms with Crippen LogP contribution in [0.4, 0.5) is 8.78 Å². The number of nitrogens with zero attached hydrogens (tertiary/aromatic N) is 2. The number of rotatable bonds is 6. The third-order valence-corrected chi connectivity index (χ3v) is 6.21. The summed E-state index contributed by atoms with van der Waals surface area (Å²) in [7, 11) is 0. The van der Waals surface area contributed by atoms with Gasteiger partial charge in [-0.1, -0.05) is 12.1 Å². The van der Waals surface area contributed by atoms with E-state index < -0.39 is 11.9 Å². The molecule has 168 valence electrons. The van der Waals surface area contributed by atoms with Crippen LogP contribution in [-0.4, -0.2) is 54.7 Å². The summed E-state index contributed by atoms with van der Waals surface area (Å²) in [6.45, 7) is 5.52. The molecule has 5 nitrogen and oxygen atoms in total. The molecule has 32 heavy (non-hydrogen) atoms. The Bertz CT molecular complexity index is 1050. The van der Waals surface area contributed by atoms with Gasteiger partial charge in [0.05, 0.1) is 0 Å². The van der Waals surface area contributed by atoms with Gasteiger partial charge in [0, 0.05) is 43.0 Å². The molecule has 0 saturated carbocycles. The minimum atomic E-state index is -0.665. The first kappa shape index (κ1) is 22.1. The second-order valence-corrected chi connectivity index (χ2v) is 8.37. The van der Waals surface area contributed by atoms with Crippen molar-refractivity contribution in [3.8, 4) is 0 Å². The van der Waals surface area contributed by atoms with Crippen LogP contribution in [0.1, 0.15) is 45.9 Å². The fourth-order valence-corrected chi connectivity index (χ4v) is 4.43. The Morgan fingerprint density at radius 2 is 1.94 bits per heavy atom. The van der Waals surface area contributed by atoms with Gasteiger partial charge in [-0.15, -0.1) is 0 Å². The van der Waals surface area contributed by atoms with E-state index in [0.717, 1.165) is 55.6 Å². The lowest BCUT2D eigenvalue weighted by atomic mass is 9.91. The molecule has 1 fully saturated rings. The first-order chi connectivity index (χ1) is 15.5. The van der Waals surface area contributed by atoms with Gasteiger partial charge in [0.1, 0.15) is 24.0 Å². The zero-order valence-electron chi connectivity index (χ0n) is 18.1. The second-order valence-electron chi connectivity index (χ2n) is 8.37. The maximum atomic E-state index is 14.2. The van der Waals surface area contributed by atoms with Gasteiger partial charge < -0.3 is 15.0 Å². The zero-order chi connectivity index (χ0) is 22.7. The van der Waals surface area contributed by atoms with Crippen LogP contribution >= 0.6 is 0 Å². The molecule has 2 aliphatic rings. The highest BCUT2D eigenvalue weighted by atomic mass is 19.1. The minimum absolute atomic E-state index is 0.137. The highest BCUT2D eigenvalue weighted by Crippen LogP contribution is 2.31. The van der Waals surface area contributed by atoms with Crippen molar-refractivity contribution in [1.82, 2.24) is 15.1 Å². The summed E-state index contributed by atoms with van der Waals surface area (Å²) in [6, 6.07) is 8.28. The highest BCUT2D eigenvalue weighted by molar-refractivity contribution is 5.94. The molecular weight excluding hydrogens is 412 g/mol. The lowest BCUT2D eigenvalue weighted by molar-refractivity contribution is -0.109. The van der Waals surface area contributed by atoms with Gasteiger partial charge in [-0.25, -0.2) is 8.78 Å². The Hall–Kier alpha value is -3.06. The van der Waals surface area contributed by atoms with Crippen LogP contribution in [0, 0.1) is 18.6 Å². The van der Waals surface area contributed by atoms with Crippen molar-refractivity contribution < 1.29 is 18.4 Å². The third kappa shape index (κ3) is 4.72. The summed E-state index contributed by atoms with van der Waals surface area (Å²) >= 11 is 0. The summed E-state index contributed by atoms with van der Waals surface area (Å²) < 4.78 is 27.6. The normalized spacial score (nSPS) is 18.5. The summed E-state index contributed by atoms with van der Waals surface area (Å²) in [5.41, 5.74) is 3.48. The van der Waals surface area contributed by atoms with Crippen LogP contribution in [0.2, 0.25) is 0 Å². The molecule has 0 bridgehead atoms. The van der Waals surface area contributed by atoms with Crippen molar-refractivity contribution in [2.24, 2.45) is 0 Å². The largest absolute Gasteiger partial charge is 0.375 e. The molecule has 2 aliphatic heterocycles. The molecule has 2 heterocycles. The first-order valence-electron chi connectivity index (χ1n) is 10.9. The quantitative estimate of drug-likeness (QED) is 0.698. The number of aldehydes is 1. The number of benzene rings is 2. The summed E-state index contributed by atoms with van der Waals surface area (Å²) in [5, 5.41) is 3.16. The van der Waals surface area contributed by atoms with Crippen LogP contribution in [0.5, 0.6) is 0 Å². The number of piperazine rings is 1. The summed E-state index contributed by atoms with van der Waals surface area (Å²) in [6.07, 6.45) is 4.33. The van der Waals surface area contributed by atoms with Gasteiger partial charge in [0.25, 0.3) is 5.91 Å². The van der Waals surface area contributed by atoms with Crippen molar-refractivity contribution >= 4 is 18.3 Å². The van der Waals surface area contributed by atoms with Gasteiger partial charge in [-0.05, 0) is 67.8 Å². The molecule has 1 amide bonds. The number of aryl methyl sites for hydroxylation is 1. The molecule has 1 unspecified atom stereocenters. The number of hydrogen-bond donors (Lipinski definition) is 1. The first-order valence-corrected chi connectivity index (χ1v) is 10.9. The number of nitrogens with one attached hydrogen (secondary N) is 1. The molecular formula is C25H27F2N3O2. The number of halogens is 2. The van der Waals surface area contributed by atoms with Crippen molar-refractivity contribution in [2.45, 2.75) is 25.8 Å². The Kier molecular flexibility index (Phi) is 6.65. The standard InChI is InChI=1S/C25H27F2N3O2/c1-17-7-8-22(27)24-21(17)15-20(28-23(24)16-31)6-3-9-29-10-12-30(13-11-29)25(32)18-4-2-5-19(26)14-18/h2,4-5,7-8,14-16,23,28H,3,6,9-13H2,1H3. The highest BCUT2D eigenvalue weighted by Gasteiger charge is 2.25. The van der Waals surface area contributed by atoms with Gasteiger partial charge in [0.2, 0.25) is 0 Å². The number of carbonyl (C=O) groups excluding carboxylic acids is 2. The van der Waals surface area contributed by atoms with Crippen molar-refractivity contribution in [3.63, 3.8) is 0 Å². The molecule has 0 radical (unpaired) electrons. The third-order valence-electron chi connectivity index (χ3n) is 6.21. The van der Waals surface area contributed by atoms with E-state index in [2.05, 4.69) is 10.2 Å². The van der Waals surface area contributed by atoms with E-state index in [1.807, 2.05) is 13.0 Å². The average molecular weight is 440 g/mol. The number of amides is 1. The van der Waals surface area contributed by atoms with E-state index in [-0.39, 0.29) is 11.7 Å². The summed E-state index contributed by atoms with van der Waals surface area (Å²) in [4.78, 5) is 28.2. The molecule has 0 aliphatic carbocycles. The molecule has 2 aromatic carbocycles. The Morgan fingerprint density at radius 1 is 1.16 bits per heavy atom. The van der Waals surface area contributed by atoms with Crippen molar-refractivity contribution in [2.75, 3.05) is 32.7 Å². The van der Waals surface area contributed by atoms with E-state index in [1.54, 1.807) is 23.1 Å². The van der Waals surface area contributed by atoms with E-state index in [0.29, 0.717) is 24.2 Å². The van der Waals surface area contributed by atoms with Crippen LogP contribution in [0.15, 0.2) is 42.1 Å². The lowest BCUT2D eigenvalue weighted by Gasteiger charge is -2.35. The van der Waals surface area contributed by atoms with E-state index in [4.69, 9.17) is 0 Å². The number of allylic oxidation sites excluding steroid dienone is 1. The lowest BCUT2D eigenvalue weighted by Crippen LogP contribution is -2.48. The zero-order valence-corrected chi connectivity index (χ0v) is 18.1. The molecule has 1 saturated heterocycles. The maximum absolute atomic E-state index is 14.2. The Balaban J connectivity index is 1.29. The second kappa shape index (κ2) is 9.61. The number of carbonyl (C=O) groups is 2. The molecule has 0 aromatic heterocycles. The predicted octanol–water partition coefficient (Wildman–Crippen LogP) is 3.70. The smallest absolute Gasteiger partial charge is 0.254 e. The maximum Gasteiger partial charge on any atom is 0.254 e. The fraction of sp³-hybridized carbons (Fsp3) is 0.360. The average Bonchev–Trinajstić information content (AvgIpc) is 2.81. The topological polar surface area (TPSA) is 52.6 Å². The fourth-order valence-electron chi connectivity index (χ4n) is 4.43. The Morgan fingerprint density at radius 3 is 2.66 bits per heavy atom.